The van der Waals surface area contributed by atoms with E-state index in [1.165, 1.54) is 12.1 Å². The van der Waals surface area contributed by atoms with E-state index in [0.29, 0.717) is 30.0 Å². The van der Waals surface area contributed by atoms with Crippen LogP contribution in [0.5, 0.6) is 5.75 Å². The molecule has 0 bridgehead atoms. The lowest BCUT2D eigenvalue weighted by Gasteiger charge is -2.36. The summed E-state index contributed by atoms with van der Waals surface area (Å²) in [5.41, 5.74) is 3.28. The molecule has 2 heterocycles. The van der Waals surface area contributed by atoms with E-state index < -0.39 is 0 Å². The first-order valence-corrected chi connectivity index (χ1v) is 10.6. The molecule has 0 fully saturated rings. The topological polar surface area (TPSA) is 63.4 Å². The van der Waals surface area contributed by atoms with Crippen LogP contribution in [0.3, 0.4) is 0 Å². The van der Waals surface area contributed by atoms with Crippen LogP contribution in [0.4, 0.5) is 4.39 Å². The van der Waals surface area contributed by atoms with Crippen molar-refractivity contribution >= 4 is 22.9 Å². The minimum Gasteiger partial charge on any atom is -0.494 e. The number of nitrogens with one attached hydrogen (secondary N) is 1. The van der Waals surface area contributed by atoms with Crippen LogP contribution in [0, 0.1) is 5.82 Å². The Balaban J connectivity index is 1.75. The zero-order valence-electron chi connectivity index (χ0n) is 17.8. The van der Waals surface area contributed by atoms with Gasteiger partial charge < -0.3 is 19.5 Å². The van der Waals surface area contributed by atoms with Gasteiger partial charge in [-0.1, -0.05) is 23.4 Å². The number of allylic oxidation sites excluding steroid dienone is 1. The van der Waals surface area contributed by atoms with Crippen LogP contribution in [0.15, 0.2) is 71.4 Å². The Hall–Kier alpha value is -3.52. The molecular formula is C24H23FN4O2S. The molecule has 6 nitrogen and oxygen atoms in total. The molecule has 0 saturated carbocycles. The molecule has 0 amide bonds. The van der Waals surface area contributed by atoms with E-state index in [2.05, 4.69) is 22.0 Å². The summed E-state index contributed by atoms with van der Waals surface area (Å²) in [5.74, 6) is 1.30. The quantitative estimate of drug-likeness (QED) is 0.396. The molecule has 8 heteroatoms. The van der Waals surface area contributed by atoms with Crippen molar-refractivity contribution in [2.24, 2.45) is 0 Å². The van der Waals surface area contributed by atoms with Gasteiger partial charge in [0.1, 0.15) is 11.6 Å². The minimum absolute atomic E-state index is 0.307. The number of thiocarbonyl (C=S) groups is 1. The maximum absolute atomic E-state index is 13.5. The zero-order chi connectivity index (χ0) is 22.7. The Morgan fingerprint density at radius 1 is 1.22 bits per heavy atom. The van der Waals surface area contributed by atoms with Gasteiger partial charge >= 0.3 is 0 Å². The van der Waals surface area contributed by atoms with Gasteiger partial charge in [0, 0.05) is 17.8 Å². The van der Waals surface area contributed by atoms with E-state index in [9.17, 15) is 4.39 Å². The molecule has 0 saturated heterocycles. The molecule has 3 aromatic rings. The maximum atomic E-state index is 13.5. The number of halogens is 1. The molecule has 0 radical (unpaired) electrons. The van der Waals surface area contributed by atoms with Crippen LogP contribution in [-0.2, 0) is 0 Å². The number of rotatable bonds is 7. The summed E-state index contributed by atoms with van der Waals surface area (Å²) in [6.45, 7) is 8.82. The fraction of sp³-hybridized carbons (Fsp3) is 0.208. The fourth-order valence-electron chi connectivity index (χ4n) is 3.63. The largest absolute Gasteiger partial charge is 0.494 e. The second-order valence-electron chi connectivity index (χ2n) is 7.21. The van der Waals surface area contributed by atoms with Gasteiger partial charge in [-0.3, -0.25) is 0 Å². The summed E-state index contributed by atoms with van der Waals surface area (Å²) in [6.07, 6.45) is 1.77. The van der Waals surface area contributed by atoms with Gasteiger partial charge in [0.2, 0.25) is 5.82 Å². The molecule has 0 spiro atoms. The van der Waals surface area contributed by atoms with E-state index in [1.807, 2.05) is 43.0 Å². The van der Waals surface area contributed by atoms with Crippen molar-refractivity contribution < 1.29 is 13.7 Å². The Kier molecular flexibility index (Phi) is 6.32. The van der Waals surface area contributed by atoms with Crippen molar-refractivity contribution in [1.29, 1.82) is 0 Å². The molecule has 1 aromatic heterocycles. The number of aromatic nitrogens is 2. The third-order valence-electron chi connectivity index (χ3n) is 5.19. The van der Waals surface area contributed by atoms with Gasteiger partial charge in [-0.2, -0.15) is 4.98 Å². The van der Waals surface area contributed by atoms with Crippen LogP contribution < -0.4 is 10.1 Å². The monoisotopic (exact) mass is 450 g/mol. The molecule has 164 valence electrons. The van der Waals surface area contributed by atoms with E-state index in [1.54, 1.807) is 18.2 Å². The van der Waals surface area contributed by atoms with Crippen molar-refractivity contribution in [2.45, 2.75) is 19.9 Å². The average molecular weight is 451 g/mol. The van der Waals surface area contributed by atoms with E-state index >= 15 is 0 Å². The highest BCUT2D eigenvalue weighted by atomic mass is 32.1. The number of ether oxygens (including phenoxy) is 1. The van der Waals surface area contributed by atoms with Gasteiger partial charge in [-0.15, -0.1) is 6.58 Å². The number of benzene rings is 2. The van der Waals surface area contributed by atoms with Gasteiger partial charge in [0.05, 0.1) is 18.2 Å². The number of hydrogen-bond acceptors (Lipinski definition) is 5. The van der Waals surface area contributed by atoms with Gasteiger partial charge in [-0.25, -0.2) is 4.39 Å². The van der Waals surface area contributed by atoms with Crippen LogP contribution >= 0.6 is 12.2 Å². The Morgan fingerprint density at radius 3 is 2.59 bits per heavy atom. The highest BCUT2D eigenvalue weighted by molar-refractivity contribution is 7.80. The Bertz CT molecular complexity index is 1160. The van der Waals surface area contributed by atoms with Gasteiger partial charge in [0.15, 0.2) is 5.11 Å². The normalized spacial score (nSPS) is 16.2. The third kappa shape index (κ3) is 4.27. The van der Waals surface area contributed by atoms with Gasteiger partial charge in [-0.05, 0) is 68.0 Å². The molecule has 0 aliphatic carbocycles. The van der Waals surface area contributed by atoms with Crippen molar-refractivity contribution in [3.8, 4) is 17.1 Å². The first kappa shape index (κ1) is 21.7. The second kappa shape index (κ2) is 9.32. The van der Waals surface area contributed by atoms with E-state index in [-0.39, 0.29) is 11.9 Å². The highest BCUT2D eigenvalue weighted by Crippen LogP contribution is 2.37. The summed E-state index contributed by atoms with van der Waals surface area (Å²) in [7, 11) is 0. The van der Waals surface area contributed by atoms with Crippen molar-refractivity contribution in [2.75, 3.05) is 13.2 Å². The van der Waals surface area contributed by atoms with Crippen LogP contribution in [0.2, 0.25) is 0 Å². The fourth-order valence-corrected chi connectivity index (χ4v) is 3.96. The van der Waals surface area contributed by atoms with E-state index in [4.69, 9.17) is 21.5 Å². The summed E-state index contributed by atoms with van der Waals surface area (Å²) in [5, 5.41) is 8.05. The van der Waals surface area contributed by atoms with Crippen LogP contribution in [0.1, 0.15) is 31.3 Å². The molecule has 1 aliphatic heterocycles. The first-order valence-electron chi connectivity index (χ1n) is 10.2. The molecule has 32 heavy (non-hydrogen) atoms. The van der Waals surface area contributed by atoms with E-state index in [0.717, 1.165) is 28.1 Å². The maximum Gasteiger partial charge on any atom is 0.258 e. The molecule has 4 rings (SSSR count). The average Bonchev–Trinajstić information content (AvgIpc) is 3.27. The number of nitrogens with zero attached hydrogens (tertiary/aromatic N) is 3. The lowest BCUT2D eigenvalue weighted by molar-refractivity contribution is 0.340. The predicted octanol–water partition coefficient (Wildman–Crippen LogP) is 5.12. The molecule has 1 N–H and O–H groups in total. The summed E-state index contributed by atoms with van der Waals surface area (Å²) in [4.78, 5) is 6.57. The SMILES string of the molecule is C=CCN1C(=S)NC(c2ccc(F)cc2)C(c2nc(-c3ccc(OCC)cc3)no2)=C1C. The van der Waals surface area contributed by atoms with Crippen LogP contribution in [0.25, 0.3) is 17.0 Å². The number of hydrogen-bond donors (Lipinski definition) is 1. The lowest BCUT2D eigenvalue weighted by Crippen LogP contribution is -2.45. The smallest absolute Gasteiger partial charge is 0.258 e. The lowest BCUT2D eigenvalue weighted by atomic mass is 9.95. The van der Waals surface area contributed by atoms with Crippen molar-refractivity contribution in [3.63, 3.8) is 0 Å². The molecule has 1 unspecified atom stereocenters. The predicted molar refractivity (Wildman–Crippen MR) is 125 cm³/mol. The zero-order valence-corrected chi connectivity index (χ0v) is 18.7. The van der Waals surface area contributed by atoms with Crippen LogP contribution in [-0.4, -0.2) is 33.3 Å². The molecular weight excluding hydrogens is 427 g/mol. The Labute approximate surface area is 191 Å². The first-order chi connectivity index (χ1) is 15.5. The molecule has 2 aromatic carbocycles. The summed E-state index contributed by atoms with van der Waals surface area (Å²) >= 11 is 5.57. The van der Waals surface area contributed by atoms with Crippen molar-refractivity contribution in [3.05, 3.63) is 84.2 Å². The second-order valence-corrected chi connectivity index (χ2v) is 7.60. The standard InChI is InChI=1S/C24H23FN4O2S/c1-4-14-29-15(3)20(21(26-24(29)32)16-6-10-18(25)11-7-16)23-27-22(28-31-23)17-8-12-19(13-9-17)30-5-2/h4,6-13,21H,1,5,14H2,2-3H3,(H,26,32). The third-order valence-corrected chi connectivity index (χ3v) is 5.53. The Morgan fingerprint density at radius 2 is 1.94 bits per heavy atom. The highest BCUT2D eigenvalue weighted by Gasteiger charge is 2.33. The minimum atomic E-state index is -0.363. The molecule has 1 atom stereocenters. The summed E-state index contributed by atoms with van der Waals surface area (Å²) in [6, 6.07) is 13.4. The molecule has 1 aliphatic rings. The van der Waals surface area contributed by atoms with Gasteiger partial charge in [0.25, 0.3) is 5.89 Å². The summed E-state index contributed by atoms with van der Waals surface area (Å²) < 4.78 is 24.7. The van der Waals surface area contributed by atoms with Crippen molar-refractivity contribution in [1.82, 2.24) is 20.4 Å².